The highest BCUT2D eigenvalue weighted by molar-refractivity contribution is 9.10. The molecule has 0 saturated carbocycles. The van der Waals surface area contributed by atoms with Crippen molar-refractivity contribution in [1.82, 2.24) is 15.0 Å². The number of nitrogens with two attached hydrogens (primary N) is 1. The fourth-order valence-electron chi connectivity index (χ4n) is 2.90. The topological polar surface area (TPSA) is 86.0 Å². The first-order chi connectivity index (χ1) is 13.6. The summed E-state index contributed by atoms with van der Waals surface area (Å²) >= 11 is 3.54. The van der Waals surface area contributed by atoms with Crippen LogP contribution in [0.1, 0.15) is 18.5 Å². The van der Waals surface area contributed by atoms with Gasteiger partial charge in [0.05, 0.1) is 6.04 Å². The number of ether oxygens (including phenoxy) is 1. The molecule has 7 heteroatoms. The minimum Gasteiger partial charge on any atom is -0.435 e. The van der Waals surface area contributed by atoms with E-state index in [0.29, 0.717) is 17.3 Å². The quantitative estimate of drug-likeness (QED) is 0.440. The second-order valence-corrected chi connectivity index (χ2v) is 7.12. The lowest BCUT2D eigenvalue weighted by molar-refractivity contribution is 0.468. The second-order valence-electron chi connectivity index (χ2n) is 6.26. The summed E-state index contributed by atoms with van der Waals surface area (Å²) in [5.41, 5.74) is 8.49. The standard InChI is InChI=1S/C21H18BrN5O/c1-13(14-6-3-2-4-7-14)27-20-18(23)21(26-12-25-20)28-17-10-9-16(22)15-8-5-11-24-19(15)17/h2-13H,23H2,1H3,(H,25,26,27). The summed E-state index contributed by atoms with van der Waals surface area (Å²) in [4.78, 5) is 12.9. The Hall–Kier alpha value is -3.19. The van der Waals surface area contributed by atoms with Crippen LogP contribution in [0.4, 0.5) is 11.5 Å². The fourth-order valence-corrected chi connectivity index (χ4v) is 3.36. The van der Waals surface area contributed by atoms with Gasteiger partial charge < -0.3 is 15.8 Å². The maximum Gasteiger partial charge on any atom is 0.248 e. The third kappa shape index (κ3) is 3.61. The summed E-state index contributed by atoms with van der Waals surface area (Å²) < 4.78 is 6.95. The first-order valence-electron chi connectivity index (χ1n) is 8.76. The molecule has 28 heavy (non-hydrogen) atoms. The highest BCUT2D eigenvalue weighted by atomic mass is 79.9. The third-order valence-corrected chi connectivity index (χ3v) is 5.08. The van der Waals surface area contributed by atoms with Crippen LogP contribution >= 0.6 is 15.9 Å². The molecule has 2 heterocycles. The SMILES string of the molecule is CC(Nc1ncnc(Oc2ccc(Br)c3cccnc23)c1N)c1ccccc1. The average molecular weight is 436 g/mol. The lowest BCUT2D eigenvalue weighted by atomic mass is 10.1. The molecule has 1 unspecified atom stereocenters. The average Bonchev–Trinajstić information content (AvgIpc) is 2.73. The molecule has 2 aromatic carbocycles. The first-order valence-corrected chi connectivity index (χ1v) is 9.56. The molecule has 0 saturated heterocycles. The lowest BCUT2D eigenvalue weighted by Crippen LogP contribution is -2.11. The zero-order valence-electron chi connectivity index (χ0n) is 15.1. The number of nitrogen functional groups attached to an aromatic ring is 1. The van der Waals surface area contributed by atoms with Crippen LogP contribution in [-0.4, -0.2) is 15.0 Å². The highest BCUT2D eigenvalue weighted by Crippen LogP contribution is 2.35. The van der Waals surface area contributed by atoms with Gasteiger partial charge in [-0.25, -0.2) is 4.98 Å². The van der Waals surface area contributed by atoms with Crippen molar-refractivity contribution in [3.05, 3.63) is 77.2 Å². The molecule has 4 rings (SSSR count). The summed E-state index contributed by atoms with van der Waals surface area (Å²) in [6.07, 6.45) is 3.15. The summed E-state index contributed by atoms with van der Waals surface area (Å²) in [6, 6.07) is 17.7. The van der Waals surface area contributed by atoms with Gasteiger partial charge in [0.25, 0.3) is 0 Å². The Kier molecular flexibility index (Phi) is 5.08. The molecule has 0 aliphatic rings. The number of pyridine rings is 1. The van der Waals surface area contributed by atoms with Crippen molar-refractivity contribution < 1.29 is 4.74 Å². The number of nitrogens with zero attached hydrogens (tertiary/aromatic N) is 3. The molecule has 6 nitrogen and oxygen atoms in total. The largest absolute Gasteiger partial charge is 0.435 e. The summed E-state index contributed by atoms with van der Waals surface area (Å²) in [5.74, 6) is 1.38. The van der Waals surface area contributed by atoms with Gasteiger partial charge in [0.2, 0.25) is 5.88 Å². The van der Waals surface area contributed by atoms with Crippen LogP contribution in [0, 0.1) is 0 Å². The van der Waals surface area contributed by atoms with E-state index in [0.717, 1.165) is 20.9 Å². The number of hydrogen-bond acceptors (Lipinski definition) is 6. The van der Waals surface area contributed by atoms with E-state index in [1.54, 1.807) is 6.20 Å². The molecule has 0 aliphatic heterocycles. The van der Waals surface area contributed by atoms with Crippen molar-refractivity contribution in [3.63, 3.8) is 0 Å². The Labute approximate surface area is 170 Å². The molecule has 0 spiro atoms. The van der Waals surface area contributed by atoms with Crippen LogP contribution in [-0.2, 0) is 0 Å². The minimum atomic E-state index is 0.0291. The van der Waals surface area contributed by atoms with E-state index < -0.39 is 0 Å². The van der Waals surface area contributed by atoms with Gasteiger partial charge in [0, 0.05) is 16.1 Å². The van der Waals surface area contributed by atoms with Crippen molar-refractivity contribution in [2.24, 2.45) is 0 Å². The molecule has 0 fully saturated rings. The zero-order valence-corrected chi connectivity index (χ0v) is 16.7. The molecule has 3 N–H and O–H groups in total. The fraction of sp³-hybridized carbons (Fsp3) is 0.0952. The molecule has 0 aliphatic carbocycles. The van der Waals surface area contributed by atoms with E-state index in [-0.39, 0.29) is 11.9 Å². The van der Waals surface area contributed by atoms with Crippen LogP contribution in [0.3, 0.4) is 0 Å². The van der Waals surface area contributed by atoms with Crippen molar-refractivity contribution in [3.8, 4) is 11.6 Å². The number of halogens is 1. The van der Waals surface area contributed by atoms with Crippen molar-refractivity contribution in [2.75, 3.05) is 11.1 Å². The van der Waals surface area contributed by atoms with Gasteiger partial charge in [-0.1, -0.05) is 52.3 Å². The van der Waals surface area contributed by atoms with Gasteiger partial charge >= 0.3 is 0 Å². The van der Waals surface area contributed by atoms with Gasteiger partial charge in [0.15, 0.2) is 11.6 Å². The van der Waals surface area contributed by atoms with E-state index in [1.807, 2.05) is 61.5 Å². The second kappa shape index (κ2) is 7.82. The van der Waals surface area contributed by atoms with Crippen molar-refractivity contribution in [2.45, 2.75) is 13.0 Å². The number of rotatable bonds is 5. The number of benzene rings is 2. The number of nitrogens with one attached hydrogen (secondary N) is 1. The molecule has 2 aromatic heterocycles. The van der Waals surface area contributed by atoms with Gasteiger partial charge in [-0.2, -0.15) is 4.98 Å². The molecular formula is C21H18BrN5O. The maximum atomic E-state index is 6.29. The van der Waals surface area contributed by atoms with Crippen molar-refractivity contribution in [1.29, 1.82) is 0 Å². The Morgan fingerprint density at radius 1 is 1.00 bits per heavy atom. The predicted molar refractivity (Wildman–Crippen MR) is 114 cm³/mol. The van der Waals surface area contributed by atoms with Gasteiger partial charge in [-0.15, -0.1) is 0 Å². The monoisotopic (exact) mass is 435 g/mol. The minimum absolute atomic E-state index is 0.0291. The highest BCUT2D eigenvalue weighted by Gasteiger charge is 2.15. The third-order valence-electron chi connectivity index (χ3n) is 4.39. The summed E-state index contributed by atoms with van der Waals surface area (Å²) in [7, 11) is 0. The molecular weight excluding hydrogens is 418 g/mol. The number of aromatic nitrogens is 3. The van der Waals surface area contributed by atoms with Crippen LogP contribution < -0.4 is 15.8 Å². The van der Waals surface area contributed by atoms with Crippen LogP contribution in [0.15, 0.2) is 71.6 Å². The molecule has 140 valence electrons. The van der Waals surface area contributed by atoms with Crippen molar-refractivity contribution >= 4 is 38.3 Å². The van der Waals surface area contributed by atoms with Crippen LogP contribution in [0.2, 0.25) is 0 Å². The lowest BCUT2D eigenvalue weighted by Gasteiger charge is -2.17. The Morgan fingerprint density at radius 2 is 1.82 bits per heavy atom. The number of fused-ring (bicyclic) bond motifs is 1. The summed E-state index contributed by atoms with van der Waals surface area (Å²) in [6.45, 7) is 2.05. The van der Waals surface area contributed by atoms with E-state index in [1.165, 1.54) is 6.33 Å². The van der Waals surface area contributed by atoms with E-state index in [9.17, 15) is 0 Å². The van der Waals surface area contributed by atoms with Crippen LogP contribution in [0.25, 0.3) is 10.9 Å². The van der Waals surface area contributed by atoms with Crippen LogP contribution in [0.5, 0.6) is 11.6 Å². The smallest absolute Gasteiger partial charge is 0.248 e. The Bertz CT molecular complexity index is 1120. The molecule has 0 amide bonds. The molecule has 0 radical (unpaired) electrons. The summed E-state index contributed by atoms with van der Waals surface area (Å²) in [5, 5.41) is 4.27. The Morgan fingerprint density at radius 3 is 2.64 bits per heavy atom. The zero-order chi connectivity index (χ0) is 19.5. The number of hydrogen-bond donors (Lipinski definition) is 2. The normalized spacial score (nSPS) is 11.9. The molecule has 4 aromatic rings. The maximum absolute atomic E-state index is 6.29. The number of anilines is 2. The van der Waals surface area contributed by atoms with E-state index in [4.69, 9.17) is 10.5 Å². The first kappa shape index (κ1) is 18.2. The van der Waals surface area contributed by atoms with E-state index >= 15 is 0 Å². The Balaban J connectivity index is 1.64. The van der Waals surface area contributed by atoms with E-state index in [2.05, 4.69) is 36.2 Å². The van der Waals surface area contributed by atoms with Gasteiger partial charge in [-0.3, -0.25) is 4.98 Å². The van der Waals surface area contributed by atoms with Gasteiger partial charge in [0.1, 0.15) is 17.5 Å². The molecule has 1 atom stereocenters. The molecule has 0 bridgehead atoms. The van der Waals surface area contributed by atoms with Gasteiger partial charge in [-0.05, 0) is 30.7 Å². The predicted octanol–water partition coefficient (Wildman–Crippen LogP) is 5.33.